The maximum atomic E-state index is 6.50. The number of para-hydroxylation sites is 4. The van der Waals surface area contributed by atoms with Crippen molar-refractivity contribution in [3.63, 3.8) is 0 Å². The molecule has 5 nitrogen and oxygen atoms in total. The Bertz CT molecular complexity index is 2480. The number of ether oxygens (including phenoxy) is 3. The molecule has 2 aromatic heterocycles. The zero-order valence-electron chi connectivity index (χ0n) is 29.8. The quantitative estimate of drug-likeness (QED) is 0.121. The fraction of sp³-hybridized carbons (Fsp3) is 0.184. The maximum absolute atomic E-state index is 6.50. The lowest BCUT2D eigenvalue weighted by Gasteiger charge is -2.35. The third kappa shape index (κ3) is 5.87. The first kappa shape index (κ1) is 35.1. The van der Waals surface area contributed by atoms with Crippen molar-refractivity contribution in [1.29, 1.82) is 0 Å². The van der Waals surface area contributed by atoms with Gasteiger partial charge in [-0.15, -0.1) is 44.5 Å². The van der Waals surface area contributed by atoms with Crippen molar-refractivity contribution in [3.05, 3.63) is 124 Å². The SMILES string of the molecule is C#CCCc1cccc(C2c3c(n(CC#C)c4ccccc34)C(c3cccc(OCC#C)c3OCC#C)c3c2n(CC#C)c2ccccc32)c1OCC#C. The van der Waals surface area contributed by atoms with Gasteiger partial charge >= 0.3 is 0 Å². The van der Waals surface area contributed by atoms with Crippen molar-refractivity contribution in [3.8, 4) is 91.3 Å². The molecule has 0 N–H and O–H groups in total. The molecule has 1 aliphatic carbocycles. The van der Waals surface area contributed by atoms with E-state index in [-0.39, 0.29) is 25.7 Å². The highest BCUT2D eigenvalue weighted by atomic mass is 16.5. The molecule has 0 fully saturated rings. The summed E-state index contributed by atoms with van der Waals surface area (Å²) in [5.41, 5.74) is 8.90. The summed E-state index contributed by atoms with van der Waals surface area (Å²) >= 11 is 0. The van der Waals surface area contributed by atoms with E-state index >= 15 is 0 Å². The van der Waals surface area contributed by atoms with Gasteiger partial charge in [0.25, 0.3) is 0 Å². The highest BCUT2D eigenvalue weighted by Crippen LogP contribution is 2.58. The third-order valence-corrected chi connectivity index (χ3v) is 9.93. The number of terminal acetylenes is 6. The normalized spacial score (nSPS) is 14.0. The van der Waals surface area contributed by atoms with Gasteiger partial charge in [-0.25, -0.2) is 0 Å². The zero-order chi connectivity index (χ0) is 37.6. The highest BCUT2D eigenvalue weighted by Gasteiger charge is 2.44. The van der Waals surface area contributed by atoms with Gasteiger partial charge in [-0.05, 0) is 41.3 Å². The summed E-state index contributed by atoms with van der Waals surface area (Å²) in [7, 11) is 0. The minimum absolute atomic E-state index is 0.0189. The van der Waals surface area contributed by atoms with Gasteiger partial charge in [-0.1, -0.05) is 96.3 Å². The van der Waals surface area contributed by atoms with Crippen molar-refractivity contribution >= 4 is 21.8 Å². The lowest BCUT2D eigenvalue weighted by molar-refractivity contribution is 0.311. The third-order valence-electron chi connectivity index (χ3n) is 9.93. The molecule has 4 aromatic carbocycles. The van der Waals surface area contributed by atoms with Crippen molar-refractivity contribution in [2.75, 3.05) is 19.8 Å². The Labute approximate surface area is 317 Å². The Morgan fingerprint density at radius 1 is 0.500 bits per heavy atom. The Balaban J connectivity index is 1.70. The number of hydrogen-bond donors (Lipinski definition) is 0. The van der Waals surface area contributed by atoms with Crippen LogP contribution in [0.1, 0.15) is 57.5 Å². The topological polar surface area (TPSA) is 37.5 Å². The van der Waals surface area contributed by atoms with Gasteiger partial charge in [0.05, 0.1) is 24.9 Å². The largest absolute Gasteiger partial charge is 0.480 e. The molecule has 54 heavy (non-hydrogen) atoms. The van der Waals surface area contributed by atoms with Crippen molar-refractivity contribution < 1.29 is 14.2 Å². The molecule has 2 heterocycles. The molecule has 0 spiro atoms. The first-order valence-corrected chi connectivity index (χ1v) is 17.6. The molecular formula is C49H36N2O3. The van der Waals surface area contributed by atoms with Crippen LogP contribution in [-0.2, 0) is 19.5 Å². The van der Waals surface area contributed by atoms with Gasteiger partial charge < -0.3 is 23.3 Å². The van der Waals surface area contributed by atoms with Crippen LogP contribution in [0.5, 0.6) is 17.2 Å². The average molecular weight is 701 g/mol. The number of hydrogen-bond acceptors (Lipinski definition) is 3. The lowest BCUT2D eigenvalue weighted by Crippen LogP contribution is -2.25. The van der Waals surface area contributed by atoms with E-state index in [1.165, 1.54) is 0 Å². The smallest absolute Gasteiger partial charge is 0.166 e. The molecule has 5 heteroatoms. The minimum Gasteiger partial charge on any atom is -0.480 e. The van der Waals surface area contributed by atoms with E-state index in [4.69, 9.17) is 52.8 Å². The van der Waals surface area contributed by atoms with Crippen LogP contribution in [0, 0.1) is 74.1 Å². The van der Waals surface area contributed by atoms with Crippen molar-refractivity contribution in [2.24, 2.45) is 0 Å². The Morgan fingerprint density at radius 3 is 1.54 bits per heavy atom. The second-order valence-electron chi connectivity index (χ2n) is 12.8. The zero-order valence-corrected chi connectivity index (χ0v) is 29.8. The van der Waals surface area contributed by atoms with E-state index in [0.29, 0.717) is 43.2 Å². The van der Waals surface area contributed by atoms with E-state index in [2.05, 4.69) is 99.3 Å². The maximum Gasteiger partial charge on any atom is 0.166 e. The monoisotopic (exact) mass is 700 g/mol. The van der Waals surface area contributed by atoms with Crippen LogP contribution in [0.2, 0.25) is 0 Å². The molecule has 0 radical (unpaired) electrons. The number of rotatable bonds is 12. The minimum atomic E-state index is -0.419. The molecule has 0 bridgehead atoms. The van der Waals surface area contributed by atoms with Gasteiger partial charge in [0.15, 0.2) is 11.5 Å². The van der Waals surface area contributed by atoms with Gasteiger partial charge in [0.1, 0.15) is 25.6 Å². The summed E-state index contributed by atoms with van der Waals surface area (Å²) in [6, 6.07) is 28.7. The number of benzene rings is 4. The number of fused-ring (bicyclic) bond motifs is 6. The fourth-order valence-corrected chi connectivity index (χ4v) is 8.12. The molecule has 1 aliphatic rings. The molecule has 7 rings (SSSR count). The average Bonchev–Trinajstić information content (AvgIpc) is 3.70. The second kappa shape index (κ2) is 15.5. The number of nitrogens with zero attached hydrogens (tertiary/aromatic N) is 2. The molecule has 6 aromatic rings. The predicted molar refractivity (Wildman–Crippen MR) is 216 cm³/mol. The van der Waals surface area contributed by atoms with E-state index in [0.717, 1.165) is 61.0 Å². The van der Waals surface area contributed by atoms with Crippen LogP contribution in [0.4, 0.5) is 0 Å². The predicted octanol–water partition coefficient (Wildman–Crippen LogP) is 8.14. The van der Waals surface area contributed by atoms with E-state index < -0.39 is 5.92 Å². The van der Waals surface area contributed by atoms with Crippen LogP contribution >= 0.6 is 0 Å². The Kier molecular flexibility index (Phi) is 10.1. The summed E-state index contributed by atoms with van der Waals surface area (Å²) in [5, 5.41) is 2.08. The van der Waals surface area contributed by atoms with E-state index in [9.17, 15) is 0 Å². The second-order valence-corrected chi connectivity index (χ2v) is 12.8. The van der Waals surface area contributed by atoms with Crippen LogP contribution in [0.3, 0.4) is 0 Å². The molecule has 2 unspecified atom stereocenters. The number of aryl methyl sites for hydroxylation is 1. The van der Waals surface area contributed by atoms with Gasteiger partial charge in [0, 0.05) is 50.7 Å². The molecule has 0 saturated carbocycles. The van der Waals surface area contributed by atoms with Gasteiger partial charge in [0.2, 0.25) is 0 Å². The highest BCUT2D eigenvalue weighted by molar-refractivity contribution is 5.95. The first-order valence-electron chi connectivity index (χ1n) is 17.6. The summed E-state index contributed by atoms with van der Waals surface area (Å²) in [5.74, 6) is 17.5. The van der Waals surface area contributed by atoms with Crippen LogP contribution in [-0.4, -0.2) is 29.0 Å². The molecule has 0 saturated heterocycles. The molecule has 0 amide bonds. The lowest BCUT2D eigenvalue weighted by atomic mass is 9.71. The van der Waals surface area contributed by atoms with Crippen LogP contribution in [0.25, 0.3) is 21.8 Å². The van der Waals surface area contributed by atoms with Gasteiger partial charge in [-0.2, -0.15) is 0 Å². The molecular weight excluding hydrogens is 665 g/mol. The first-order chi connectivity index (χ1) is 26.6. The summed E-state index contributed by atoms with van der Waals surface area (Å²) in [6.45, 7) is 0.787. The van der Waals surface area contributed by atoms with Crippen LogP contribution < -0.4 is 14.2 Å². The van der Waals surface area contributed by atoms with E-state index in [1.807, 2.05) is 30.3 Å². The van der Waals surface area contributed by atoms with Gasteiger partial charge in [-0.3, -0.25) is 0 Å². The Hall–Kier alpha value is -7.28. The fourth-order valence-electron chi connectivity index (χ4n) is 8.12. The summed E-state index contributed by atoms with van der Waals surface area (Å²) in [4.78, 5) is 0. The van der Waals surface area contributed by atoms with E-state index in [1.54, 1.807) is 0 Å². The van der Waals surface area contributed by atoms with Crippen LogP contribution in [0.15, 0.2) is 84.9 Å². The molecule has 0 aliphatic heterocycles. The molecule has 2 atom stereocenters. The Morgan fingerprint density at radius 2 is 1.00 bits per heavy atom. The summed E-state index contributed by atoms with van der Waals surface area (Å²) in [6.07, 6.45) is 36.5. The standard InChI is InChI=1S/C49H36N2O3/c1-7-13-20-34-21-18-24-37(48(34)53-32-11-5)44-42-35-22-14-16-26-39(35)51(30-9-3)47(42)45(38-25-19-28-41(52-31-10-4)49(38)54-33-12-6)43-36-23-15-17-27-40(36)50(29-8-2)46(43)44/h1-6,14-19,21-28,44-45H,13,20,29-33H2. The summed E-state index contributed by atoms with van der Waals surface area (Å²) < 4.78 is 23.5. The number of aromatic nitrogens is 2. The molecule has 260 valence electrons. The van der Waals surface area contributed by atoms with Crippen molar-refractivity contribution in [1.82, 2.24) is 9.13 Å². The van der Waals surface area contributed by atoms with Crippen molar-refractivity contribution in [2.45, 2.75) is 37.8 Å².